The maximum atomic E-state index is 2.39. The minimum atomic E-state index is 1.24. The van der Waals surface area contributed by atoms with Crippen molar-refractivity contribution in [3.63, 3.8) is 0 Å². The molecule has 0 nitrogen and oxygen atoms in total. The molecule has 0 spiro atoms. The first-order valence-electron chi connectivity index (χ1n) is 17.6. The van der Waals surface area contributed by atoms with Gasteiger partial charge < -0.3 is 0 Å². The Bertz CT molecular complexity index is 3130. The number of thiophene rings is 1. The van der Waals surface area contributed by atoms with Gasteiger partial charge in [-0.25, -0.2) is 0 Å². The van der Waals surface area contributed by atoms with Crippen LogP contribution in [0.5, 0.6) is 0 Å². The van der Waals surface area contributed by atoms with E-state index in [0.717, 1.165) is 0 Å². The van der Waals surface area contributed by atoms with Gasteiger partial charge in [0.25, 0.3) is 0 Å². The van der Waals surface area contributed by atoms with E-state index in [0.29, 0.717) is 0 Å². The third-order valence-corrected chi connectivity index (χ3v) is 12.1. The Morgan fingerprint density at radius 3 is 1.39 bits per heavy atom. The SMILES string of the molecule is c1ccc(-c2c3ccccc3c(-c3ccc(-c4ccc5c(ccc6c7ccc8ccccc8c7sc56)c4)c4ccccc34)c3ccccc23)cc1. The van der Waals surface area contributed by atoms with Gasteiger partial charge in [-0.15, -0.1) is 11.3 Å². The summed E-state index contributed by atoms with van der Waals surface area (Å²) in [4.78, 5) is 0. The first-order valence-corrected chi connectivity index (χ1v) is 18.4. The molecule has 1 aromatic heterocycles. The molecule has 0 unspecified atom stereocenters. The van der Waals surface area contributed by atoms with E-state index >= 15 is 0 Å². The highest BCUT2D eigenvalue weighted by Gasteiger charge is 2.19. The van der Waals surface area contributed by atoms with Gasteiger partial charge in [-0.05, 0) is 93.3 Å². The first kappa shape index (κ1) is 28.5. The summed E-state index contributed by atoms with van der Waals surface area (Å²) in [6.07, 6.45) is 0. The average Bonchev–Trinajstić information content (AvgIpc) is 3.59. The minimum Gasteiger partial charge on any atom is -0.134 e. The third kappa shape index (κ3) is 4.26. The topological polar surface area (TPSA) is 0 Å². The summed E-state index contributed by atoms with van der Waals surface area (Å²) >= 11 is 1.93. The molecule has 0 N–H and O–H groups in total. The van der Waals surface area contributed by atoms with Crippen molar-refractivity contribution in [3.05, 3.63) is 182 Å². The van der Waals surface area contributed by atoms with Gasteiger partial charge in [-0.1, -0.05) is 176 Å². The van der Waals surface area contributed by atoms with Gasteiger partial charge in [0.2, 0.25) is 0 Å². The molecule has 0 aliphatic heterocycles. The predicted octanol–water partition coefficient (Wildman–Crippen LogP) is 14.8. The fraction of sp³-hybridized carbons (Fsp3) is 0. The van der Waals surface area contributed by atoms with Gasteiger partial charge in [0.1, 0.15) is 0 Å². The lowest BCUT2D eigenvalue weighted by Crippen LogP contribution is -1.92. The third-order valence-electron chi connectivity index (χ3n) is 10.8. The summed E-state index contributed by atoms with van der Waals surface area (Å²) in [7, 11) is 0. The van der Waals surface area contributed by atoms with E-state index in [4.69, 9.17) is 0 Å². The van der Waals surface area contributed by atoms with Crippen LogP contribution in [0.15, 0.2) is 182 Å². The second-order valence-electron chi connectivity index (χ2n) is 13.6. The first-order chi connectivity index (χ1) is 25.3. The molecule has 0 aliphatic carbocycles. The van der Waals surface area contributed by atoms with Crippen molar-refractivity contribution in [2.45, 2.75) is 0 Å². The molecule has 0 saturated heterocycles. The van der Waals surface area contributed by atoms with Crippen LogP contribution in [0.1, 0.15) is 0 Å². The Morgan fingerprint density at radius 1 is 0.255 bits per heavy atom. The molecule has 0 radical (unpaired) electrons. The standard InChI is InChI=1S/C50H30S/c1-2-13-32(14-3-1)47-40-18-8-10-20-42(40)48(43-21-11-9-19-41(43)47)44-29-28-35(38-16-6-7-17-39(38)44)33-23-25-37-34(30-33)24-27-46-45-26-22-31-12-4-5-15-36(31)49(45)51-50(37)46/h1-30H. The van der Waals surface area contributed by atoms with Gasteiger partial charge in [-0.3, -0.25) is 0 Å². The van der Waals surface area contributed by atoms with Crippen molar-refractivity contribution < 1.29 is 0 Å². The van der Waals surface area contributed by atoms with Crippen LogP contribution < -0.4 is 0 Å². The fourth-order valence-electron chi connectivity index (χ4n) is 8.56. The van der Waals surface area contributed by atoms with Gasteiger partial charge in [0, 0.05) is 20.2 Å². The van der Waals surface area contributed by atoms with Crippen molar-refractivity contribution in [2.75, 3.05) is 0 Å². The molecule has 11 aromatic rings. The molecule has 11 rings (SSSR count). The molecule has 0 aliphatic rings. The van der Waals surface area contributed by atoms with Crippen molar-refractivity contribution >= 4 is 85.4 Å². The number of rotatable bonds is 3. The number of fused-ring (bicyclic) bond motifs is 10. The van der Waals surface area contributed by atoms with E-state index in [1.807, 2.05) is 11.3 Å². The molecular formula is C50H30S. The molecule has 0 bridgehead atoms. The zero-order valence-corrected chi connectivity index (χ0v) is 28.5. The summed E-state index contributed by atoms with van der Waals surface area (Å²) in [6.45, 7) is 0. The molecule has 0 amide bonds. The molecule has 236 valence electrons. The van der Waals surface area contributed by atoms with Crippen molar-refractivity contribution in [1.29, 1.82) is 0 Å². The second-order valence-corrected chi connectivity index (χ2v) is 14.6. The van der Waals surface area contributed by atoms with Gasteiger partial charge in [0.15, 0.2) is 0 Å². The van der Waals surface area contributed by atoms with Crippen molar-refractivity contribution in [3.8, 4) is 33.4 Å². The molecule has 1 heterocycles. The normalized spacial score (nSPS) is 11.9. The molecule has 0 atom stereocenters. The highest BCUT2D eigenvalue weighted by molar-refractivity contribution is 7.27. The molecule has 51 heavy (non-hydrogen) atoms. The molecule has 0 fully saturated rings. The lowest BCUT2D eigenvalue weighted by Gasteiger charge is -2.19. The van der Waals surface area contributed by atoms with Crippen LogP contribution in [0, 0.1) is 0 Å². The highest BCUT2D eigenvalue weighted by atomic mass is 32.1. The quantitative estimate of drug-likeness (QED) is 0.165. The Hall–Kier alpha value is -6.28. The van der Waals surface area contributed by atoms with E-state index in [1.165, 1.54) is 107 Å². The Kier molecular flexibility index (Phi) is 6.22. The molecule has 1 heteroatoms. The Morgan fingerprint density at radius 2 is 0.725 bits per heavy atom. The number of hydrogen-bond donors (Lipinski definition) is 0. The number of benzene rings is 10. The van der Waals surface area contributed by atoms with Crippen LogP contribution in [-0.2, 0) is 0 Å². The van der Waals surface area contributed by atoms with E-state index in [1.54, 1.807) is 0 Å². The van der Waals surface area contributed by atoms with E-state index in [2.05, 4.69) is 182 Å². The minimum absolute atomic E-state index is 1.24. The van der Waals surface area contributed by atoms with Crippen LogP contribution in [0.3, 0.4) is 0 Å². The molecule has 0 saturated carbocycles. The molecule has 10 aromatic carbocycles. The van der Waals surface area contributed by atoms with Crippen LogP contribution in [0.2, 0.25) is 0 Å². The maximum Gasteiger partial charge on any atom is 0.0434 e. The summed E-state index contributed by atoms with van der Waals surface area (Å²) in [5.41, 5.74) is 7.60. The second kappa shape index (κ2) is 11.1. The number of hydrogen-bond acceptors (Lipinski definition) is 1. The predicted molar refractivity (Wildman–Crippen MR) is 223 cm³/mol. The zero-order valence-electron chi connectivity index (χ0n) is 27.7. The van der Waals surface area contributed by atoms with Crippen molar-refractivity contribution in [1.82, 2.24) is 0 Å². The monoisotopic (exact) mass is 662 g/mol. The summed E-state index contributed by atoms with van der Waals surface area (Å²) in [5.74, 6) is 0. The summed E-state index contributed by atoms with van der Waals surface area (Å²) in [6, 6.07) is 67.3. The van der Waals surface area contributed by atoms with Gasteiger partial charge >= 0.3 is 0 Å². The van der Waals surface area contributed by atoms with Crippen molar-refractivity contribution in [2.24, 2.45) is 0 Å². The van der Waals surface area contributed by atoms with Crippen LogP contribution in [-0.4, -0.2) is 0 Å². The van der Waals surface area contributed by atoms with Crippen LogP contribution in [0.25, 0.3) is 107 Å². The summed E-state index contributed by atoms with van der Waals surface area (Å²) < 4.78 is 2.74. The zero-order chi connectivity index (χ0) is 33.5. The maximum absolute atomic E-state index is 2.39. The lowest BCUT2D eigenvalue weighted by atomic mass is 9.84. The Labute approximate surface area is 299 Å². The van der Waals surface area contributed by atoms with Crippen LogP contribution >= 0.6 is 11.3 Å². The van der Waals surface area contributed by atoms with Gasteiger partial charge in [-0.2, -0.15) is 0 Å². The highest BCUT2D eigenvalue weighted by Crippen LogP contribution is 2.47. The van der Waals surface area contributed by atoms with Crippen LogP contribution in [0.4, 0.5) is 0 Å². The van der Waals surface area contributed by atoms with Gasteiger partial charge in [0.05, 0.1) is 0 Å². The largest absolute Gasteiger partial charge is 0.134 e. The van der Waals surface area contributed by atoms with E-state index < -0.39 is 0 Å². The average molecular weight is 663 g/mol. The fourth-order valence-corrected chi connectivity index (χ4v) is 9.93. The van der Waals surface area contributed by atoms with E-state index in [-0.39, 0.29) is 0 Å². The summed E-state index contributed by atoms with van der Waals surface area (Å²) in [5, 5.41) is 15.6. The van der Waals surface area contributed by atoms with E-state index in [9.17, 15) is 0 Å². The Balaban J connectivity index is 1.13. The smallest absolute Gasteiger partial charge is 0.0434 e. The lowest BCUT2D eigenvalue weighted by molar-refractivity contribution is 1.66. The molecular weight excluding hydrogens is 633 g/mol.